The molecule has 1 aromatic rings. The lowest BCUT2D eigenvalue weighted by Gasteiger charge is -2.43. The van der Waals surface area contributed by atoms with Gasteiger partial charge >= 0.3 is 12.0 Å². The van der Waals surface area contributed by atoms with Crippen molar-refractivity contribution in [3.8, 4) is 0 Å². The van der Waals surface area contributed by atoms with Crippen molar-refractivity contribution in [2.45, 2.75) is 51.2 Å². The fourth-order valence-electron chi connectivity index (χ4n) is 3.77. The van der Waals surface area contributed by atoms with E-state index in [1.165, 1.54) is 9.80 Å². The minimum Gasteiger partial charge on any atom is -0.481 e. The van der Waals surface area contributed by atoms with Gasteiger partial charge in [0.2, 0.25) is 5.91 Å². The van der Waals surface area contributed by atoms with Crippen LogP contribution in [0.2, 0.25) is 0 Å². The van der Waals surface area contributed by atoms with Crippen LogP contribution in [0.15, 0.2) is 17.5 Å². The molecule has 2 saturated heterocycles. The molecule has 3 rings (SSSR count). The van der Waals surface area contributed by atoms with Gasteiger partial charge in [-0.05, 0) is 24.3 Å². The van der Waals surface area contributed by atoms with Crippen LogP contribution in [0.5, 0.6) is 0 Å². The lowest BCUT2D eigenvalue weighted by atomic mass is 10.0. The lowest BCUT2D eigenvalue weighted by Crippen LogP contribution is -2.65. The number of carboxylic acids is 1. The number of carboxylic acid groups (broad SMARTS) is 1. The summed E-state index contributed by atoms with van der Waals surface area (Å²) in [5.74, 6) is -1.74. The van der Waals surface area contributed by atoms with Crippen LogP contribution < -0.4 is 0 Å². The number of likely N-dealkylation sites (tertiary alicyclic amines) is 1. The molecule has 1 aromatic heterocycles. The fraction of sp³-hybridized carbons (Fsp3) is 0.556. The van der Waals surface area contributed by atoms with E-state index in [0.29, 0.717) is 32.5 Å². The minimum atomic E-state index is -1.05. The number of urea groups is 1. The molecule has 4 amide bonds. The van der Waals surface area contributed by atoms with Crippen molar-refractivity contribution in [2.75, 3.05) is 13.1 Å². The Morgan fingerprint density at radius 2 is 2.07 bits per heavy atom. The summed E-state index contributed by atoms with van der Waals surface area (Å²) in [6.45, 7) is 2.95. The predicted molar refractivity (Wildman–Crippen MR) is 98.0 cm³/mol. The van der Waals surface area contributed by atoms with Gasteiger partial charge in [0.1, 0.15) is 6.04 Å². The summed E-state index contributed by atoms with van der Waals surface area (Å²) in [5, 5.41) is 10.8. The summed E-state index contributed by atoms with van der Waals surface area (Å²) in [5.41, 5.74) is 0. The molecular formula is C18H23N3O5S. The topological polar surface area (TPSA) is 98.2 Å². The summed E-state index contributed by atoms with van der Waals surface area (Å²) < 4.78 is 0. The number of amides is 4. The van der Waals surface area contributed by atoms with E-state index >= 15 is 0 Å². The molecule has 2 aliphatic heterocycles. The molecule has 0 aliphatic carbocycles. The van der Waals surface area contributed by atoms with Gasteiger partial charge in [-0.2, -0.15) is 0 Å². The molecule has 0 radical (unpaired) electrons. The van der Waals surface area contributed by atoms with Gasteiger partial charge in [-0.1, -0.05) is 13.0 Å². The highest BCUT2D eigenvalue weighted by Crippen LogP contribution is 2.32. The van der Waals surface area contributed by atoms with E-state index in [9.17, 15) is 19.2 Å². The molecular weight excluding hydrogens is 370 g/mol. The first kappa shape index (κ1) is 19.3. The average molecular weight is 393 g/mol. The molecule has 8 nitrogen and oxygen atoms in total. The Morgan fingerprint density at radius 3 is 2.70 bits per heavy atom. The van der Waals surface area contributed by atoms with E-state index in [-0.39, 0.29) is 36.7 Å². The quantitative estimate of drug-likeness (QED) is 0.761. The van der Waals surface area contributed by atoms with Crippen molar-refractivity contribution in [2.24, 2.45) is 0 Å². The van der Waals surface area contributed by atoms with Gasteiger partial charge in [-0.3, -0.25) is 19.3 Å². The van der Waals surface area contributed by atoms with Crippen molar-refractivity contribution >= 4 is 35.2 Å². The number of hydrogen-bond acceptors (Lipinski definition) is 5. The zero-order chi connectivity index (χ0) is 19.6. The van der Waals surface area contributed by atoms with Crippen LogP contribution in [-0.4, -0.2) is 68.8 Å². The van der Waals surface area contributed by atoms with Gasteiger partial charge in [0, 0.05) is 24.4 Å². The Bertz CT molecular complexity index is 735. The third-order valence-electron chi connectivity index (χ3n) is 4.99. The second-order valence-electron chi connectivity index (χ2n) is 6.76. The van der Waals surface area contributed by atoms with E-state index in [0.717, 1.165) is 4.88 Å². The maximum Gasteiger partial charge on any atom is 0.327 e. The Kier molecular flexibility index (Phi) is 5.79. The van der Waals surface area contributed by atoms with Crippen LogP contribution in [0.3, 0.4) is 0 Å². The zero-order valence-corrected chi connectivity index (χ0v) is 16.0. The summed E-state index contributed by atoms with van der Waals surface area (Å²) in [4.78, 5) is 54.6. The third kappa shape index (κ3) is 3.83. The summed E-state index contributed by atoms with van der Waals surface area (Å²) >= 11 is 1.54. The highest BCUT2D eigenvalue weighted by atomic mass is 32.1. The smallest absolute Gasteiger partial charge is 0.327 e. The summed E-state index contributed by atoms with van der Waals surface area (Å²) in [6, 6.07) is 2.45. The zero-order valence-electron chi connectivity index (χ0n) is 15.2. The van der Waals surface area contributed by atoms with E-state index in [2.05, 4.69) is 0 Å². The molecule has 146 valence electrons. The van der Waals surface area contributed by atoms with Gasteiger partial charge < -0.3 is 14.9 Å². The summed E-state index contributed by atoms with van der Waals surface area (Å²) in [7, 11) is 0. The van der Waals surface area contributed by atoms with Crippen molar-refractivity contribution in [1.29, 1.82) is 0 Å². The molecule has 2 aliphatic rings. The molecule has 9 heteroatoms. The number of carbonyl (C=O) groups excluding carboxylic acids is 3. The molecule has 1 N–H and O–H groups in total. The molecule has 27 heavy (non-hydrogen) atoms. The first-order valence-corrected chi connectivity index (χ1v) is 9.97. The third-order valence-corrected chi connectivity index (χ3v) is 5.85. The largest absolute Gasteiger partial charge is 0.481 e. The van der Waals surface area contributed by atoms with E-state index in [1.807, 2.05) is 24.4 Å². The predicted octanol–water partition coefficient (Wildman–Crippen LogP) is 1.76. The normalized spacial score (nSPS) is 22.3. The highest BCUT2D eigenvalue weighted by Gasteiger charge is 2.52. The number of rotatable bonds is 7. The van der Waals surface area contributed by atoms with Crippen LogP contribution in [0.1, 0.15) is 37.5 Å². The monoisotopic (exact) mass is 393 g/mol. The van der Waals surface area contributed by atoms with Crippen LogP contribution >= 0.6 is 11.3 Å². The van der Waals surface area contributed by atoms with E-state index in [1.54, 1.807) is 16.2 Å². The van der Waals surface area contributed by atoms with E-state index in [4.69, 9.17) is 5.11 Å². The van der Waals surface area contributed by atoms with Gasteiger partial charge in [0.05, 0.1) is 19.0 Å². The second kappa shape index (κ2) is 8.08. The molecule has 2 fully saturated rings. The Hall–Kier alpha value is -2.42. The maximum atomic E-state index is 13.0. The number of aliphatic carboxylic acids is 1. The number of imide groups is 1. The lowest BCUT2D eigenvalue weighted by molar-refractivity contribution is -0.147. The van der Waals surface area contributed by atoms with Crippen LogP contribution in [0.25, 0.3) is 0 Å². The highest BCUT2D eigenvalue weighted by molar-refractivity contribution is 7.09. The number of fused-ring (bicyclic) bond motifs is 1. The van der Waals surface area contributed by atoms with Crippen LogP contribution in [0.4, 0.5) is 4.79 Å². The molecule has 0 saturated carbocycles. The maximum absolute atomic E-state index is 13.0. The Morgan fingerprint density at radius 1 is 1.30 bits per heavy atom. The second-order valence-corrected chi connectivity index (χ2v) is 7.79. The number of nitrogens with zero attached hydrogens (tertiary/aromatic N) is 3. The van der Waals surface area contributed by atoms with Crippen molar-refractivity contribution < 1.29 is 24.3 Å². The molecule has 0 aromatic carbocycles. The fourth-order valence-corrected chi connectivity index (χ4v) is 4.48. The van der Waals surface area contributed by atoms with Gasteiger partial charge in [-0.15, -0.1) is 11.3 Å². The van der Waals surface area contributed by atoms with Crippen LogP contribution in [-0.2, 0) is 20.9 Å². The van der Waals surface area contributed by atoms with Gasteiger partial charge in [0.25, 0.3) is 5.91 Å². The number of hydrogen-bond donors (Lipinski definition) is 1. The molecule has 0 unspecified atom stereocenters. The van der Waals surface area contributed by atoms with E-state index < -0.39 is 12.0 Å². The van der Waals surface area contributed by atoms with Crippen molar-refractivity contribution in [3.05, 3.63) is 22.4 Å². The molecule has 0 spiro atoms. The first-order chi connectivity index (χ1) is 12.9. The summed E-state index contributed by atoms with van der Waals surface area (Å²) in [6.07, 6.45) is 0.747. The number of carbonyl (C=O) groups is 4. The molecule has 0 bridgehead atoms. The average Bonchev–Trinajstić information content (AvgIpc) is 3.29. The van der Waals surface area contributed by atoms with Crippen molar-refractivity contribution in [3.63, 3.8) is 0 Å². The van der Waals surface area contributed by atoms with Crippen LogP contribution in [0, 0.1) is 0 Å². The molecule has 2 atom stereocenters. The first-order valence-electron chi connectivity index (χ1n) is 9.09. The molecule has 3 heterocycles. The van der Waals surface area contributed by atoms with Gasteiger partial charge in [-0.25, -0.2) is 4.79 Å². The Labute approximate surface area is 161 Å². The SMILES string of the molecule is CCCN1C(=O)[C@H]2[C@@H](CCN2C(=O)CCC(=O)O)N(Cc2cccs2)C1=O. The standard InChI is InChI=1S/C18H23N3O5S/c1-2-8-20-17(25)16-13(7-9-19(16)14(22)5-6-15(23)24)21(18(20)26)11-12-4-3-10-27-12/h3-4,10,13,16H,2,5-9,11H2,1H3,(H,23,24)/t13-,16-/m1/s1. The van der Waals surface area contributed by atoms with Crippen molar-refractivity contribution in [1.82, 2.24) is 14.7 Å². The number of thiophene rings is 1. The minimum absolute atomic E-state index is 0.140. The Balaban J connectivity index is 1.85. The van der Waals surface area contributed by atoms with Gasteiger partial charge in [0.15, 0.2) is 0 Å².